The van der Waals surface area contributed by atoms with Gasteiger partial charge in [-0.25, -0.2) is 4.79 Å². The van der Waals surface area contributed by atoms with Crippen LogP contribution >= 0.6 is 0 Å². The maximum atomic E-state index is 10.9. The third-order valence-corrected chi connectivity index (χ3v) is 4.38. The largest absolute Gasteiger partial charge is 0.478 e. The number of hydrogen-bond donors (Lipinski definition) is 1. The second-order valence-electron chi connectivity index (χ2n) is 5.96. The van der Waals surface area contributed by atoms with E-state index in [0.29, 0.717) is 5.56 Å². The number of anilines is 1. The number of rotatable bonds is 4. The molecule has 2 heterocycles. The van der Waals surface area contributed by atoms with Gasteiger partial charge in [0.05, 0.1) is 18.8 Å². The van der Waals surface area contributed by atoms with E-state index in [4.69, 9.17) is 14.6 Å². The Balaban J connectivity index is 1.50. The number of carbonyl (C=O) groups is 1. The summed E-state index contributed by atoms with van der Waals surface area (Å²) in [6.45, 7) is 3.52. The van der Waals surface area contributed by atoms with Gasteiger partial charge >= 0.3 is 5.97 Å². The number of hydrogen-bond acceptors (Lipinski definition) is 4. The average Bonchev–Trinajstić information content (AvgIpc) is 2.61. The second kappa shape index (κ2) is 7.62. The lowest BCUT2D eigenvalue weighted by Crippen LogP contribution is -2.30. The molecule has 3 rings (SSSR count). The van der Waals surface area contributed by atoms with Crippen molar-refractivity contribution in [2.75, 3.05) is 31.2 Å². The summed E-state index contributed by atoms with van der Waals surface area (Å²) in [6, 6.07) is 7.12. The molecule has 2 aliphatic heterocycles. The van der Waals surface area contributed by atoms with Crippen molar-refractivity contribution in [3.63, 3.8) is 0 Å². The van der Waals surface area contributed by atoms with Crippen LogP contribution in [0, 0.1) is 0 Å². The van der Waals surface area contributed by atoms with Gasteiger partial charge in [0.25, 0.3) is 0 Å². The van der Waals surface area contributed by atoms with Gasteiger partial charge in [0.15, 0.2) is 6.29 Å². The zero-order valence-corrected chi connectivity index (χ0v) is 13.2. The Hall–Kier alpha value is -1.85. The summed E-state index contributed by atoms with van der Waals surface area (Å²) < 4.78 is 11.1. The summed E-state index contributed by atoms with van der Waals surface area (Å²) in [4.78, 5) is 13.2. The van der Waals surface area contributed by atoms with Crippen molar-refractivity contribution in [2.45, 2.75) is 32.0 Å². The van der Waals surface area contributed by atoms with E-state index in [1.807, 2.05) is 12.1 Å². The molecule has 5 heteroatoms. The van der Waals surface area contributed by atoms with Crippen LogP contribution in [0.25, 0.3) is 0 Å². The highest BCUT2D eigenvalue weighted by Crippen LogP contribution is 2.24. The normalized spacial score (nSPS) is 19.7. The van der Waals surface area contributed by atoms with Gasteiger partial charge < -0.3 is 19.5 Å². The fraction of sp³-hybridized carbons (Fsp3) is 0.500. The molecule has 124 valence electrons. The Morgan fingerprint density at radius 3 is 2.43 bits per heavy atom. The van der Waals surface area contributed by atoms with E-state index in [1.54, 1.807) is 12.1 Å². The van der Waals surface area contributed by atoms with Crippen molar-refractivity contribution < 1.29 is 19.4 Å². The van der Waals surface area contributed by atoms with Crippen molar-refractivity contribution >= 4 is 11.7 Å². The molecule has 0 radical (unpaired) electrons. The molecule has 1 aromatic rings. The number of carboxylic acids is 1. The summed E-state index contributed by atoms with van der Waals surface area (Å²) in [7, 11) is 0. The summed E-state index contributed by atoms with van der Waals surface area (Å²) in [5.41, 5.74) is 2.88. The molecular formula is C18H23NO4. The Morgan fingerprint density at radius 2 is 1.83 bits per heavy atom. The molecule has 0 aromatic heterocycles. The molecule has 0 bridgehead atoms. The third kappa shape index (κ3) is 4.33. The Kier molecular flexibility index (Phi) is 5.31. The molecule has 1 N–H and O–H groups in total. The van der Waals surface area contributed by atoms with Gasteiger partial charge in [-0.3, -0.25) is 0 Å². The lowest BCUT2D eigenvalue weighted by molar-refractivity contribution is -0.175. The molecule has 0 atom stereocenters. The second-order valence-corrected chi connectivity index (χ2v) is 5.96. The van der Waals surface area contributed by atoms with E-state index in [1.165, 1.54) is 5.57 Å². The van der Waals surface area contributed by atoms with Crippen molar-refractivity contribution in [2.24, 2.45) is 0 Å². The van der Waals surface area contributed by atoms with E-state index in [2.05, 4.69) is 11.0 Å². The lowest BCUT2D eigenvalue weighted by atomic mass is 10.0. The van der Waals surface area contributed by atoms with Crippen molar-refractivity contribution in [1.29, 1.82) is 0 Å². The summed E-state index contributed by atoms with van der Waals surface area (Å²) >= 11 is 0. The highest BCUT2D eigenvalue weighted by Gasteiger charge is 2.17. The molecule has 1 aromatic carbocycles. The minimum absolute atomic E-state index is 0.0714. The number of benzene rings is 1. The Morgan fingerprint density at radius 1 is 1.17 bits per heavy atom. The molecule has 0 amide bonds. The predicted molar refractivity (Wildman–Crippen MR) is 87.9 cm³/mol. The highest BCUT2D eigenvalue weighted by molar-refractivity contribution is 5.88. The van der Waals surface area contributed by atoms with Crippen molar-refractivity contribution in [3.05, 3.63) is 41.5 Å². The van der Waals surface area contributed by atoms with Crippen LogP contribution in [0.2, 0.25) is 0 Å². The van der Waals surface area contributed by atoms with Gasteiger partial charge in [-0.1, -0.05) is 11.6 Å². The fourth-order valence-electron chi connectivity index (χ4n) is 3.01. The van der Waals surface area contributed by atoms with Crippen LogP contribution in [0.15, 0.2) is 35.9 Å². The molecule has 2 fully saturated rings. The SMILES string of the molecule is O=C(O)c1ccc(N2CCC(=CCC3OCCCO3)CC2)cc1. The topological polar surface area (TPSA) is 59.0 Å². The number of carboxylic acid groups (broad SMARTS) is 1. The Bertz CT molecular complexity index is 551. The number of aromatic carboxylic acids is 1. The maximum Gasteiger partial charge on any atom is 0.335 e. The van der Waals surface area contributed by atoms with Gasteiger partial charge in [0, 0.05) is 25.2 Å². The number of nitrogens with zero attached hydrogens (tertiary/aromatic N) is 1. The molecule has 2 aliphatic rings. The predicted octanol–water partition coefficient (Wildman–Crippen LogP) is 3.06. The van der Waals surface area contributed by atoms with E-state index < -0.39 is 5.97 Å². The summed E-state index contributed by atoms with van der Waals surface area (Å²) in [6.07, 6.45) is 6.09. The standard InChI is InChI=1S/C18H23NO4/c20-18(21)15-3-5-16(6-4-15)19-10-8-14(9-11-19)2-7-17-22-12-1-13-23-17/h2-6,17H,1,7-13H2,(H,20,21). The molecule has 5 nitrogen and oxygen atoms in total. The van der Waals surface area contributed by atoms with Gasteiger partial charge in [-0.2, -0.15) is 0 Å². The van der Waals surface area contributed by atoms with Crippen LogP contribution in [-0.4, -0.2) is 43.7 Å². The van der Waals surface area contributed by atoms with Crippen LogP contribution in [-0.2, 0) is 9.47 Å². The van der Waals surface area contributed by atoms with E-state index in [0.717, 1.165) is 57.7 Å². The minimum Gasteiger partial charge on any atom is -0.478 e. The first-order chi connectivity index (χ1) is 11.2. The van der Waals surface area contributed by atoms with Crippen LogP contribution in [0.5, 0.6) is 0 Å². The molecule has 0 saturated carbocycles. The number of ether oxygens (including phenoxy) is 2. The average molecular weight is 317 g/mol. The van der Waals surface area contributed by atoms with Crippen LogP contribution < -0.4 is 4.90 Å². The quantitative estimate of drug-likeness (QED) is 0.865. The van der Waals surface area contributed by atoms with Crippen LogP contribution in [0.4, 0.5) is 5.69 Å². The lowest BCUT2D eigenvalue weighted by Gasteiger charge is -2.31. The Labute approximate surface area is 136 Å². The maximum absolute atomic E-state index is 10.9. The fourth-order valence-corrected chi connectivity index (χ4v) is 3.01. The monoisotopic (exact) mass is 317 g/mol. The van der Waals surface area contributed by atoms with E-state index in [-0.39, 0.29) is 6.29 Å². The van der Waals surface area contributed by atoms with Gasteiger partial charge in [-0.15, -0.1) is 0 Å². The zero-order valence-electron chi connectivity index (χ0n) is 13.2. The van der Waals surface area contributed by atoms with Gasteiger partial charge in [-0.05, 0) is 43.5 Å². The van der Waals surface area contributed by atoms with Crippen LogP contribution in [0.3, 0.4) is 0 Å². The molecule has 0 aliphatic carbocycles. The molecule has 0 unspecified atom stereocenters. The third-order valence-electron chi connectivity index (χ3n) is 4.38. The molecular weight excluding hydrogens is 294 g/mol. The number of piperidine rings is 1. The van der Waals surface area contributed by atoms with Crippen LogP contribution in [0.1, 0.15) is 36.0 Å². The smallest absolute Gasteiger partial charge is 0.335 e. The first-order valence-corrected chi connectivity index (χ1v) is 8.22. The zero-order chi connectivity index (χ0) is 16.1. The molecule has 23 heavy (non-hydrogen) atoms. The first kappa shape index (κ1) is 16.0. The van der Waals surface area contributed by atoms with Gasteiger partial charge in [0.2, 0.25) is 0 Å². The van der Waals surface area contributed by atoms with Gasteiger partial charge in [0.1, 0.15) is 0 Å². The van der Waals surface area contributed by atoms with Crippen molar-refractivity contribution in [3.8, 4) is 0 Å². The first-order valence-electron chi connectivity index (χ1n) is 8.22. The van der Waals surface area contributed by atoms with Crippen molar-refractivity contribution in [1.82, 2.24) is 0 Å². The highest BCUT2D eigenvalue weighted by atomic mass is 16.7. The molecule has 0 spiro atoms. The summed E-state index contributed by atoms with van der Waals surface area (Å²) in [5.74, 6) is -0.882. The van der Waals surface area contributed by atoms with E-state index in [9.17, 15) is 4.79 Å². The molecule has 2 saturated heterocycles. The van der Waals surface area contributed by atoms with E-state index >= 15 is 0 Å². The summed E-state index contributed by atoms with van der Waals surface area (Å²) in [5, 5.41) is 8.95. The minimum atomic E-state index is -0.882.